The molecule has 2 heterocycles. The highest BCUT2D eigenvalue weighted by molar-refractivity contribution is 7.99. The number of carbonyl (C=O) groups excluding carboxylic acids is 1. The number of nitrogens with zero attached hydrogens (tertiary/aromatic N) is 5. The predicted molar refractivity (Wildman–Crippen MR) is 124 cm³/mol. The van der Waals surface area contributed by atoms with E-state index in [1.807, 2.05) is 18.4 Å². The third-order valence-corrected chi connectivity index (χ3v) is 6.42. The minimum absolute atomic E-state index is 0.148. The van der Waals surface area contributed by atoms with Crippen LogP contribution in [0.25, 0.3) is 0 Å². The normalized spacial score (nSPS) is 12.4. The van der Waals surface area contributed by atoms with Gasteiger partial charge in [0, 0.05) is 12.5 Å². The Morgan fingerprint density at radius 2 is 1.91 bits per heavy atom. The van der Waals surface area contributed by atoms with Gasteiger partial charge in [-0.15, -0.1) is 20.4 Å². The van der Waals surface area contributed by atoms with E-state index in [0.29, 0.717) is 28.6 Å². The van der Waals surface area contributed by atoms with Gasteiger partial charge in [0.15, 0.2) is 28.7 Å². The predicted octanol–water partition coefficient (Wildman–Crippen LogP) is 4.92. The molecule has 2 aromatic heterocycles. The first kappa shape index (κ1) is 24.1. The van der Waals surface area contributed by atoms with Crippen molar-refractivity contribution >= 4 is 34.1 Å². The molecule has 0 saturated carbocycles. The van der Waals surface area contributed by atoms with Gasteiger partial charge in [-0.2, -0.15) is 0 Å². The lowest BCUT2D eigenvalue weighted by atomic mass is 10.2. The number of carbonyl (C=O) groups is 1. The van der Waals surface area contributed by atoms with Crippen LogP contribution in [0.5, 0.6) is 5.75 Å². The maximum atomic E-state index is 14.0. The molecule has 8 nitrogen and oxygen atoms in total. The molecule has 0 fully saturated rings. The van der Waals surface area contributed by atoms with Gasteiger partial charge in [0.25, 0.3) is 0 Å². The molecule has 0 aliphatic carbocycles. The summed E-state index contributed by atoms with van der Waals surface area (Å²) in [5, 5.41) is 21.4. The monoisotopic (exact) mass is 478 g/mol. The second kappa shape index (κ2) is 10.9. The number of benzene rings is 1. The number of anilines is 1. The molecule has 1 N–H and O–H groups in total. The van der Waals surface area contributed by atoms with Crippen LogP contribution in [0.4, 0.5) is 9.52 Å². The molecule has 0 aliphatic heterocycles. The van der Waals surface area contributed by atoms with Crippen LogP contribution in [-0.4, -0.2) is 36.6 Å². The van der Waals surface area contributed by atoms with Gasteiger partial charge in [0.2, 0.25) is 11.0 Å². The fraction of sp³-hybridized carbons (Fsp3) is 0.476. The molecule has 0 saturated heterocycles. The Balaban J connectivity index is 1.68. The van der Waals surface area contributed by atoms with E-state index in [4.69, 9.17) is 4.74 Å². The van der Waals surface area contributed by atoms with Gasteiger partial charge < -0.3 is 9.30 Å². The zero-order chi connectivity index (χ0) is 23.3. The van der Waals surface area contributed by atoms with Gasteiger partial charge in [-0.25, -0.2) is 4.39 Å². The summed E-state index contributed by atoms with van der Waals surface area (Å²) in [5.74, 6) is 0.829. The highest BCUT2D eigenvalue weighted by Gasteiger charge is 2.22. The Morgan fingerprint density at radius 3 is 2.56 bits per heavy atom. The molecule has 1 aromatic carbocycles. The molecule has 0 spiro atoms. The number of halogens is 1. The molecule has 32 heavy (non-hydrogen) atoms. The van der Waals surface area contributed by atoms with Crippen LogP contribution in [0.3, 0.4) is 0 Å². The molecule has 3 rings (SSSR count). The Morgan fingerprint density at radius 1 is 1.16 bits per heavy atom. The van der Waals surface area contributed by atoms with Gasteiger partial charge in [0.05, 0.1) is 5.75 Å². The zero-order valence-electron chi connectivity index (χ0n) is 18.7. The van der Waals surface area contributed by atoms with Crippen molar-refractivity contribution in [2.24, 2.45) is 5.92 Å². The SMILES string of the molecule is CC(C)Cn1c(SCC(=O)Nc2nnc(C(C)C)s2)nnc1C(C)Oc1ccccc1F. The van der Waals surface area contributed by atoms with Gasteiger partial charge in [-0.1, -0.05) is 62.9 Å². The average Bonchev–Trinajstić information content (AvgIpc) is 3.35. The topological polar surface area (TPSA) is 94.8 Å². The van der Waals surface area contributed by atoms with Crippen LogP contribution in [0.2, 0.25) is 0 Å². The molecular weight excluding hydrogens is 451 g/mol. The lowest BCUT2D eigenvalue weighted by Crippen LogP contribution is -2.17. The first-order valence-corrected chi connectivity index (χ1v) is 12.1. The summed E-state index contributed by atoms with van der Waals surface area (Å²) in [6.07, 6.45) is -0.517. The summed E-state index contributed by atoms with van der Waals surface area (Å²) < 4.78 is 21.7. The first-order chi connectivity index (χ1) is 15.2. The number of rotatable bonds is 10. The third-order valence-electron chi connectivity index (χ3n) is 4.31. The van der Waals surface area contributed by atoms with E-state index in [0.717, 1.165) is 5.01 Å². The van der Waals surface area contributed by atoms with Crippen molar-refractivity contribution < 1.29 is 13.9 Å². The number of hydrogen-bond acceptors (Lipinski definition) is 8. The van der Waals surface area contributed by atoms with E-state index >= 15 is 0 Å². The van der Waals surface area contributed by atoms with Crippen molar-refractivity contribution in [2.45, 2.75) is 58.3 Å². The number of hydrogen-bond donors (Lipinski definition) is 1. The zero-order valence-corrected chi connectivity index (χ0v) is 20.3. The molecule has 0 radical (unpaired) electrons. The second-order valence-electron chi connectivity index (χ2n) is 7.97. The molecule has 0 aliphatic rings. The lowest BCUT2D eigenvalue weighted by Gasteiger charge is -2.18. The fourth-order valence-electron chi connectivity index (χ4n) is 2.83. The third kappa shape index (κ3) is 6.26. The van der Waals surface area contributed by atoms with Crippen molar-refractivity contribution in [3.05, 3.63) is 40.9 Å². The summed E-state index contributed by atoms with van der Waals surface area (Å²) in [5.41, 5.74) is 0. The maximum Gasteiger partial charge on any atom is 0.236 e. The molecule has 1 amide bonds. The van der Waals surface area contributed by atoms with E-state index in [9.17, 15) is 9.18 Å². The summed E-state index contributed by atoms with van der Waals surface area (Å²) in [4.78, 5) is 12.4. The Kier molecular flexibility index (Phi) is 8.19. The van der Waals surface area contributed by atoms with Crippen LogP contribution >= 0.6 is 23.1 Å². The van der Waals surface area contributed by atoms with Crippen LogP contribution in [0.15, 0.2) is 29.4 Å². The van der Waals surface area contributed by atoms with E-state index in [1.54, 1.807) is 25.1 Å². The van der Waals surface area contributed by atoms with Gasteiger partial charge in [-0.05, 0) is 25.0 Å². The van der Waals surface area contributed by atoms with Crippen LogP contribution in [0, 0.1) is 11.7 Å². The quantitative estimate of drug-likeness (QED) is 0.413. The summed E-state index contributed by atoms with van der Waals surface area (Å²) >= 11 is 2.65. The first-order valence-electron chi connectivity index (χ1n) is 10.3. The van der Waals surface area contributed by atoms with Crippen molar-refractivity contribution in [2.75, 3.05) is 11.1 Å². The van der Waals surface area contributed by atoms with Crippen molar-refractivity contribution in [1.82, 2.24) is 25.0 Å². The summed E-state index contributed by atoms with van der Waals surface area (Å²) in [7, 11) is 0. The Labute approximate surface area is 195 Å². The van der Waals surface area contributed by atoms with E-state index in [-0.39, 0.29) is 23.3 Å². The largest absolute Gasteiger partial charge is 0.480 e. The summed E-state index contributed by atoms with van der Waals surface area (Å²) in [6.45, 7) is 10.7. The van der Waals surface area contributed by atoms with Gasteiger partial charge >= 0.3 is 0 Å². The molecular formula is C21H27FN6O2S2. The van der Waals surface area contributed by atoms with Crippen LogP contribution < -0.4 is 10.1 Å². The van der Waals surface area contributed by atoms with Crippen molar-refractivity contribution in [1.29, 1.82) is 0 Å². The molecule has 1 atom stereocenters. The number of ether oxygens (including phenoxy) is 1. The molecule has 3 aromatic rings. The molecule has 172 valence electrons. The van der Waals surface area contributed by atoms with Crippen LogP contribution in [0.1, 0.15) is 57.5 Å². The average molecular weight is 479 g/mol. The molecule has 0 bridgehead atoms. The highest BCUT2D eigenvalue weighted by atomic mass is 32.2. The molecule has 1 unspecified atom stereocenters. The standard InChI is InChI=1S/C21H27FN6O2S2/c1-12(2)10-28-18(14(5)30-16-9-7-6-8-15(16)22)24-27-21(28)31-11-17(29)23-20-26-25-19(32-20)13(3)4/h6-9,12-14H,10-11H2,1-5H3,(H,23,26,29). The maximum absolute atomic E-state index is 14.0. The Bertz CT molecular complexity index is 1050. The summed E-state index contributed by atoms with van der Waals surface area (Å²) in [6, 6.07) is 6.25. The van der Waals surface area contributed by atoms with E-state index < -0.39 is 11.9 Å². The number of thioether (sulfide) groups is 1. The number of nitrogens with one attached hydrogen (secondary N) is 1. The van der Waals surface area contributed by atoms with Crippen molar-refractivity contribution in [3.8, 4) is 5.75 Å². The highest BCUT2D eigenvalue weighted by Crippen LogP contribution is 2.27. The number of para-hydroxylation sites is 1. The smallest absolute Gasteiger partial charge is 0.236 e. The van der Waals surface area contributed by atoms with Crippen LogP contribution in [-0.2, 0) is 11.3 Å². The lowest BCUT2D eigenvalue weighted by molar-refractivity contribution is -0.113. The van der Waals surface area contributed by atoms with Gasteiger partial charge in [0.1, 0.15) is 5.01 Å². The van der Waals surface area contributed by atoms with E-state index in [2.05, 4.69) is 39.6 Å². The fourth-order valence-corrected chi connectivity index (χ4v) is 4.35. The number of amides is 1. The number of aromatic nitrogens is 5. The van der Waals surface area contributed by atoms with Gasteiger partial charge in [-0.3, -0.25) is 10.1 Å². The molecule has 11 heteroatoms. The van der Waals surface area contributed by atoms with Crippen molar-refractivity contribution in [3.63, 3.8) is 0 Å². The minimum Gasteiger partial charge on any atom is -0.480 e. The van der Waals surface area contributed by atoms with E-state index in [1.165, 1.54) is 29.2 Å². The minimum atomic E-state index is -0.517. The Hall–Kier alpha value is -2.53. The second-order valence-corrected chi connectivity index (χ2v) is 9.92.